The molecule has 0 spiro atoms. The molecule has 0 radical (unpaired) electrons. The SMILES string of the molecule is CNC(=O)N(CC(C)C)C[C@H](O)[C@@H](N)Cc1ccccc1. The fraction of sp³-hybridized carbons (Fsp3) is 0.562. The molecular weight excluding hydrogens is 266 g/mol. The van der Waals surface area contributed by atoms with E-state index in [1.165, 1.54) is 0 Å². The highest BCUT2D eigenvalue weighted by molar-refractivity contribution is 5.73. The molecule has 1 rings (SSSR count). The molecule has 0 aliphatic heterocycles. The Bertz CT molecular complexity index is 423. The molecule has 1 aromatic carbocycles. The molecule has 0 bridgehead atoms. The molecular formula is C16H27N3O2. The molecule has 118 valence electrons. The molecule has 0 aliphatic carbocycles. The maximum Gasteiger partial charge on any atom is 0.317 e. The third-order valence-corrected chi connectivity index (χ3v) is 3.30. The van der Waals surface area contributed by atoms with E-state index in [1.807, 2.05) is 44.2 Å². The Balaban J connectivity index is 2.59. The molecule has 21 heavy (non-hydrogen) atoms. The third kappa shape index (κ3) is 6.14. The summed E-state index contributed by atoms with van der Waals surface area (Å²) >= 11 is 0. The van der Waals surface area contributed by atoms with Gasteiger partial charge in [0.05, 0.1) is 6.10 Å². The van der Waals surface area contributed by atoms with Crippen LogP contribution in [0.4, 0.5) is 4.79 Å². The van der Waals surface area contributed by atoms with Crippen molar-refractivity contribution in [2.75, 3.05) is 20.1 Å². The van der Waals surface area contributed by atoms with Crippen LogP contribution in [0, 0.1) is 5.92 Å². The number of benzene rings is 1. The van der Waals surface area contributed by atoms with E-state index in [1.54, 1.807) is 11.9 Å². The standard InChI is InChI=1S/C16H27N3O2/c1-12(2)10-19(16(21)18-3)11-15(20)14(17)9-13-7-5-4-6-8-13/h4-8,12,14-15,20H,9-11,17H2,1-3H3,(H,18,21)/t14-,15-/m0/s1. The number of nitrogens with zero attached hydrogens (tertiary/aromatic N) is 1. The van der Waals surface area contributed by atoms with Gasteiger partial charge in [0.15, 0.2) is 0 Å². The van der Waals surface area contributed by atoms with Gasteiger partial charge in [-0.3, -0.25) is 0 Å². The van der Waals surface area contributed by atoms with Gasteiger partial charge in [0.2, 0.25) is 0 Å². The van der Waals surface area contributed by atoms with Crippen LogP contribution in [0.1, 0.15) is 19.4 Å². The number of nitrogens with two attached hydrogens (primary N) is 1. The topological polar surface area (TPSA) is 78.6 Å². The highest BCUT2D eigenvalue weighted by Crippen LogP contribution is 2.07. The highest BCUT2D eigenvalue weighted by atomic mass is 16.3. The van der Waals surface area contributed by atoms with Crippen molar-refractivity contribution in [3.05, 3.63) is 35.9 Å². The van der Waals surface area contributed by atoms with Gasteiger partial charge in [-0.05, 0) is 17.9 Å². The number of aliphatic hydroxyl groups excluding tert-OH is 1. The Kier molecular flexibility index (Phi) is 7.19. The van der Waals surface area contributed by atoms with Crippen molar-refractivity contribution in [3.8, 4) is 0 Å². The van der Waals surface area contributed by atoms with Crippen molar-refractivity contribution in [2.45, 2.75) is 32.4 Å². The fourth-order valence-corrected chi connectivity index (χ4v) is 2.22. The number of urea groups is 1. The second-order valence-electron chi connectivity index (χ2n) is 5.77. The Morgan fingerprint density at radius 2 is 1.90 bits per heavy atom. The van der Waals surface area contributed by atoms with Crippen LogP contribution in [0.5, 0.6) is 0 Å². The van der Waals surface area contributed by atoms with E-state index in [0.717, 1.165) is 5.56 Å². The van der Waals surface area contributed by atoms with Crippen LogP contribution in [0.25, 0.3) is 0 Å². The van der Waals surface area contributed by atoms with Gasteiger partial charge < -0.3 is 21.1 Å². The fourth-order valence-electron chi connectivity index (χ4n) is 2.22. The largest absolute Gasteiger partial charge is 0.390 e. The number of aliphatic hydroxyl groups is 1. The Morgan fingerprint density at radius 3 is 2.43 bits per heavy atom. The predicted molar refractivity (Wildman–Crippen MR) is 85.0 cm³/mol. The number of hydrogen-bond donors (Lipinski definition) is 3. The number of carbonyl (C=O) groups is 1. The van der Waals surface area contributed by atoms with Crippen molar-refractivity contribution >= 4 is 6.03 Å². The molecule has 0 unspecified atom stereocenters. The first-order valence-corrected chi connectivity index (χ1v) is 7.38. The molecule has 2 atom stereocenters. The minimum Gasteiger partial charge on any atom is -0.390 e. The van der Waals surface area contributed by atoms with Crippen LogP contribution >= 0.6 is 0 Å². The van der Waals surface area contributed by atoms with Gasteiger partial charge in [0.1, 0.15) is 0 Å². The van der Waals surface area contributed by atoms with Gasteiger partial charge in [0.25, 0.3) is 0 Å². The van der Waals surface area contributed by atoms with Crippen molar-refractivity contribution in [3.63, 3.8) is 0 Å². The van der Waals surface area contributed by atoms with E-state index in [4.69, 9.17) is 5.73 Å². The van der Waals surface area contributed by atoms with Gasteiger partial charge in [-0.15, -0.1) is 0 Å². The summed E-state index contributed by atoms with van der Waals surface area (Å²) in [5, 5.41) is 12.9. The zero-order valence-electron chi connectivity index (χ0n) is 13.1. The molecule has 2 amide bonds. The minimum atomic E-state index is -0.749. The lowest BCUT2D eigenvalue weighted by molar-refractivity contribution is 0.0964. The van der Waals surface area contributed by atoms with Crippen molar-refractivity contribution in [1.29, 1.82) is 0 Å². The average molecular weight is 293 g/mol. The first-order chi connectivity index (χ1) is 9.93. The first-order valence-electron chi connectivity index (χ1n) is 7.38. The summed E-state index contributed by atoms with van der Waals surface area (Å²) in [7, 11) is 1.59. The summed E-state index contributed by atoms with van der Waals surface area (Å²) in [5.74, 6) is 0.333. The van der Waals surface area contributed by atoms with Gasteiger partial charge >= 0.3 is 6.03 Å². The van der Waals surface area contributed by atoms with Gasteiger partial charge in [-0.25, -0.2) is 4.79 Å². The van der Waals surface area contributed by atoms with Crippen LogP contribution in [-0.4, -0.2) is 48.3 Å². The number of nitrogens with one attached hydrogen (secondary N) is 1. The Morgan fingerprint density at radius 1 is 1.29 bits per heavy atom. The van der Waals surface area contributed by atoms with Crippen LogP contribution in [-0.2, 0) is 6.42 Å². The van der Waals surface area contributed by atoms with E-state index < -0.39 is 12.1 Å². The lowest BCUT2D eigenvalue weighted by atomic mass is 10.0. The summed E-state index contributed by atoms with van der Waals surface area (Å²) in [6.07, 6.45) is -0.160. The second kappa shape index (κ2) is 8.64. The summed E-state index contributed by atoms with van der Waals surface area (Å²) in [6, 6.07) is 9.23. The van der Waals surface area contributed by atoms with Gasteiger partial charge in [-0.2, -0.15) is 0 Å². The normalized spacial score (nSPS) is 13.8. The summed E-state index contributed by atoms with van der Waals surface area (Å²) in [4.78, 5) is 13.4. The number of rotatable bonds is 7. The second-order valence-corrected chi connectivity index (χ2v) is 5.77. The van der Waals surface area contributed by atoms with Crippen LogP contribution in [0.2, 0.25) is 0 Å². The molecule has 0 saturated heterocycles. The molecule has 0 aliphatic rings. The molecule has 0 saturated carbocycles. The molecule has 0 fully saturated rings. The lowest BCUT2D eigenvalue weighted by Gasteiger charge is -2.29. The van der Waals surface area contributed by atoms with E-state index in [0.29, 0.717) is 18.9 Å². The van der Waals surface area contributed by atoms with Crippen molar-refractivity contribution in [1.82, 2.24) is 10.2 Å². The van der Waals surface area contributed by atoms with E-state index in [-0.39, 0.29) is 12.6 Å². The monoisotopic (exact) mass is 293 g/mol. The quantitative estimate of drug-likeness (QED) is 0.707. The summed E-state index contributed by atoms with van der Waals surface area (Å²) < 4.78 is 0. The molecule has 4 N–H and O–H groups in total. The van der Waals surface area contributed by atoms with Gasteiger partial charge in [-0.1, -0.05) is 44.2 Å². The molecule has 1 aromatic rings. The number of hydrogen-bond acceptors (Lipinski definition) is 3. The van der Waals surface area contributed by atoms with Crippen LogP contribution in [0.15, 0.2) is 30.3 Å². The average Bonchev–Trinajstić information content (AvgIpc) is 2.46. The molecule has 5 heteroatoms. The zero-order chi connectivity index (χ0) is 15.8. The first kappa shape index (κ1) is 17.5. The Hall–Kier alpha value is -1.59. The van der Waals surface area contributed by atoms with Crippen LogP contribution < -0.4 is 11.1 Å². The molecule has 0 aromatic heterocycles. The van der Waals surface area contributed by atoms with E-state index in [9.17, 15) is 9.90 Å². The summed E-state index contributed by atoms with van der Waals surface area (Å²) in [6.45, 7) is 4.90. The highest BCUT2D eigenvalue weighted by Gasteiger charge is 2.22. The number of carbonyl (C=O) groups excluding carboxylic acids is 1. The van der Waals surface area contributed by atoms with Gasteiger partial charge in [0, 0.05) is 26.2 Å². The summed E-state index contributed by atoms with van der Waals surface area (Å²) in [5.41, 5.74) is 7.14. The lowest BCUT2D eigenvalue weighted by Crippen LogP contribution is -2.49. The van der Waals surface area contributed by atoms with Crippen LogP contribution in [0.3, 0.4) is 0 Å². The predicted octanol–water partition coefficient (Wildman–Crippen LogP) is 1.21. The van der Waals surface area contributed by atoms with E-state index in [2.05, 4.69) is 5.32 Å². The maximum atomic E-state index is 11.8. The molecule has 5 nitrogen and oxygen atoms in total. The number of amides is 2. The minimum absolute atomic E-state index is 0.185. The van der Waals surface area contributed by atoms with E-state index >= 15 is 0 Å². The Labute approximate surface area is 127 Å². The third-order valence-electron chi connectivity index (χ3n) is 3.30. The molecule has 0 heterocycles. The van der Waals surface area contributed by atoms with Crippen molar-refractivity contribution < 1.29 is 9.90 Å². The van der Waals surface area contributed by atoms with Crippen molar-refractivity contribution in [2.24, 2.45) is 11.7 Å². The smallest absolute Gasteiger partial charge is 0.317 e. The zero-order valence-corrected chi connectivity index (χ0v) is 13.1. The maximum absolute atomic E-state index is 11.8.